The SMILES string of the molecule is COc1ccc(Sc2ncnc(NN)c2C)cc1. The van der Waals surface area contributed by atoms with E-state index in [2.05, 4.69) is 15.4 Å². The molecule has 0 aliphatic carbocycles. The Balaban J connectivity index is 2.22. The number of hydrogen-bond donors (Lipinski definition) is 2. The molecule has 94 valence electrons. The van der Waals surface area contributed by atoms with Crippen LogP contribution in [0.4, 0.5) is 5.82 Å². The van der Waals surface area contributed by atoms with E-state index in [1.54, 1.807) is 18.9 Å². The van der Waals surface area contributed by atoms with Crippen molar-refractivity contribution in [2.24, 2.45) is 5.84 Å². The molecular weight excluding hydrogens is 248 g/mol. The monoisotopic (exact) mass is 262 g/mol. The van der Waals surface area contributed by atoms with Gasteiger partial charge in [-0.05, 0) is 31.2 Å². The summed E-state index contributed by atoms with van der Waals surface area (Å²) in [5, 5.41) is 0.878. The molecule has 0 aliphatic rings. The van der Waals surface area contributed by atoms with Crippen molar-refractivity contribution in [3.05, 3.63) is 36.2 Å². The van der Waals surface area contributed by atoms with Crippen LogP contribution in [0.3, 0.4) is 0 Å². The molecule has 2 aromatic rings. The van der Waals surface area contributed by atoms with E-state index in [4.69, 9.17) is 10.6 Å². The van der Waals surface area contributed by atoms with Crippen LogP contribution in [0.1, 0.15) is 5.56 Å². The second kappa shape index (κ2) is 5.70. The van der Waals surface area contributed by atoms with E-state index in [1.165, 1.54) is 6.33 Å². The van der Waals surface area contributed by atoms with Gasteiger partial charge >= 0.3 is 0 Å². The van der Waals surface area contributed by atoms with E-state index >= 15 is 0 Å². The molecule has 1 heterocycles. The van der Waals surface area contributed by atoms with E-state index < -0.39 is 0 Å². The van der Waals surface area contributed by atoms with Gasteiger partial charge in [0.1, 0.15) is 22.9 Å². The van der Waals surface area contributed by atoms with Crippen molar-refractivity contribution in [2.75, 3.05) is 12.5 Å². The number of benzene rings is 1. The molecule has 0 bridgehead atoms. The summed E-state index contributed by atoms with van der Waals surface area (Å²) < 4.78 is 5.12. The molecule has 1 aromatic heterocycles. The predicted octanol–water partition coefficient (Wildman–Crippen LogP) is 2.23. The van der Waals surface area contributed by atoms with Crippen LogP contribution < -0.4 is 16.0 Å². The number of nitrogens with two attached hydrogens (primary N) is 1. The molecule has 5 nitrogen and oxygen atoms in total. The van der Waals surface area contributed by atoms with Gasteiger partial charge in [0.05, 0.1) is 7.11 Å². The van der Waals surface area contributed by atoms with Crippen molar-refractivity contribution in [2.45, 2.75) is 16.8 Å². The molecule has 0 saturated carbocycles. The van der Waals surface area contributed by atoms with Gasteiger partial charge in [0.2, 0.25) is 0 Å². The lowest BCUT2D eigenvalue weighted by molar-refractivity contribution is 0.414. The van der Waals surface area contributed by atoms with E-state index in [9.17, 15) is 0 Å². The van der Waals surface area contributed by atoms with Crippen LogP contribution in [-0.2, 0) is 0 Å². The second-order valence-electron chi connectivity index (χ2n) is 3.57. The second-order valence-corrected chi connectivity index (χ2v) is 4.64. The number of aromatic nitrogens is 2. The highest BCUT2D eigenvalue weighted by atomic mass is 32.2. The Labute approximate surface area is 110 Å². The fourth-order valence-electron chi connectivity index (χ4n) is 1.44. The number of nitrogens with zero attached hydrogens (tertiary/aromatic N) is 2. The first kappa shape index (κ1) is 12.7. The van der Waals surface area contributed by atoms with Gasteiger partial charge in [0.15, 0.2) is 0 Å². The number of hydrogen-bond acceptors (Lipinski definition) is 6. The van der Waals surface area contributed by atoms with Crippen molar-refractivity contribution < 1.29 is 4.74 Å². The molecule has 18 heavy (non-hydrogen) atoms. The Morgan fingerprint density at radius 2 is 1.94 bits per heavy atom. The Bertz CT molecular complexity index is 530. The van der Waals surface area contributed by atoms with Crippen molar-refractivity contribution in [1.29, 1.82) is 0 Å². The average molecular weight is 262 g/mol. The first-order valence-corrected chi connectivity index (χ1v) is 6.16. The smallest absolute Gasteiger partial charge is 0.147 e. The van der Waals surface area contributed by atoms with Gasteiger partial charge in [0, 0.05) is 10.5 Å². The number of rotatable bonds is 4. The molecule has 0 fully saturated rings. The zero-order valence-corrected chi connectivity index (χ0v) is 11.0. The van der Waals surface area contributed by atoms with Crippen molar-refractivity contribution >= 4 is 17.6 Å². The maximum Gasteiger partial charge on any atom is 0.147 e. The van der Waals surface area contributed by atoms with Crippen molar-refractivity contribution in [3.63, 3.8) is 0 Å². The van der Waals surface area contributed by atoms with E-state index in [1.807, 2.05) is 31.2 Å². The van der Waals surface area contributed by atoms with Crippen LogP contribution in [0.15, 0.2) is 40.5 Å². The standard InChI is InChI=1S/C12H14N4OS/c1-8-11(16-13)14-7-15-12(8)18-10-5-3-9(17-2)4-6-10/h3-7H,13H2,1-2H3,(H,14,15,16). The predicted molar refractivity (Wildman–Crippen MR) is 71.7 cm³/mol. The molecule has 0 unspecified atom stereocenters. The van der Waals surface area contributed by atoms with Crippen LogP contribution in [0.25, 0.3) is 0 Å². The van der Waals surface area contributed by atoms with Gasteiger partial charge < -0.3 is 10.2 Å². The Kier molecular flexibility index (Phi) is 4.01. The summed E-state index contributed by atoms with van der Waals surface area (Å²) in [5.74, 6) is 6.86. The normalized spacial score (nSPS) is 10.2. The summed E-state index contributed by atoms with van der Waals surface area (Å²) in [6, 6.07) is 7.81. The molecule has 0 saturated heterocycles. The van der Waals surface area contributed by atoms with Gasteiger partial charge in [-0.3, -0.25) is 0 Å². The lowest BCUT2D eigenvalue weighted by Gasteiger charge is -2.08. The van der Waals surface area contributed by atoms with Gasteiger partial charge in [-0.1, -0.05) is 11.8 Å². The summed E-state index contributed by atoms with van der Waals surface area (Å²) in [6.45, 7) is 1.93. The highest BCUT2D eigenvalue weighted by Gasteiger charge is 2.07. The minimum Gasteiger partial charge on any atom is -0.497 e. The first-order chi connectivity index (χ1) is 8.74. The van der Waals surface area contributed by atoms with Crippen LogP contribution in [-0.4, -0.2) is 17.1 Å². The fourth-order valence-corrected chi connectivity index (χ4v) is 2.28. The topological polar surface area (TPSA) is 73.1 Å². The molecule has 0 spiro atoms. The third-order valence-corrected chi connectivity index (χ3v) is 3.56. The molecule has 0 radical (unpaired) electrons. The molecule has 0 atom stereocenters. The Morgan fingerprint density at radius 3 is 2.56 bits per heavy atom. The zero-order chi connectivity index (χ0) is 13.0. The number of hydrazine groups is 1. The Hall–Kier alpha value is -1.79. The number of anilines is 1. The van der Waals surface area contributed by atoms with Crippen LogP contribution >= 0.6 is 11.8 Å². The number of methoxy groups -OCH3 is 1. The Morgan fingerprint density at radius 1 is 1.22 bits per heavy atom. The third kappa shape index (κ3) is 2.72. The summed E-state index contributed by atoms with van der Waals surface area (Å²) in [7, 11) is 1.65. The van der Waals surface area contributed by atoms with Gasteiger partial charge in [0.25, 0.3) is 0 Å². The lowest BCUT2D eigenvalue weighted by atomic mass is 10.3. The quantitative estimate of drug-likeness (QED) is 0.500. The van der Waals surface area contributed by atoms with Gasteiger partial charge in [-0.15, -0.1) is 0 Å². The van der Waals surface area contributed by atoms with Crippen LogP contribution in [0.2, 0.25) is 0 Å². The van der Waals surface area contributed by atoms with Crippen LogP contribution in [0, 0.1) is 6.92 Å². The largest absolute Gasteiger partial charge is 0.497 e. The van der Waals surface area contributed by atoms with Crippen LogP contribution in [0.5, 0.6) is 5.75 Å². The molecule has 0 amide bonds. The van der Waals surface area contributed by atoms with E-state index in [0.717, 1.165) is 21.2 Å². The van der Waals surface area contributed by atoms with Crippen molar-refractivity contribution in [1.82, 2.24) is 9.97 Å². The van der Waals surface area contributed by atoms with E-state index in [-0.39, 0.29) is 0 Å². The fraction of sp³-hybridized carbons (Fsp3) is 0.167. The number of nitrogen functional groups attached to an aromatic ring is 1. The summed E-state index contributed by atoms with van der Waals surface area (Å²) in [6.07, 6.45) is 1.49. The molecule has 6 heteroatoms. The minimum atomic E-state index is 0.640. The maximum atomic E-state index is 5.38. The molecular formula is C12H14N4OS. The van der Waals surface area contributed by atoms with Crippen molar-refractivity contribution in [3.8, 4) is 5.75 Å². The molecule has 1 aromatic carbocycles. The number of ether oxygens (including phenoxy) is 1. The summed E-state index contributed by atoms with van der Waals surface area (Å²) in [4.78, 5) is 9.38. The van der Waals surface area contributed by atoms with Gasteiger partial charge in [-0.25, -0.2) is 15.8 Å². The van der Waals surface area contributed by atoms with E-state index in [0.29, 0.717) is 5.82 Å². The highest BCUT2D eigenvalue weighted by Crippen LogP contribution is 2.31. The lowest BCUT2D eigenvalue weighted by Crippen LogP contribution is -2.10. The zero-order valence-electron chi connectivity index (χ0n) is 10.2. The molecule has 2 rings (SSSR count). The molecule has 3 N–H and O–H groups in total. The maximum absolute atomic E-state index is 5.38. The third-order valence-electron chi connectivity index (χ3n) is 2.45. The highest BCUT2D eigenvalue weighted by molar-refractivity contribution is 7.99. The molecule has 0 aliphatic heterocycles. The average Bonchev–Trinajstić information content (AvgIpc) is 2.42. The van der Waals surface area contributed by atoms with Gasteiger partial charge in [-0.2, -0.15) is 0 Å². The number of nitrogens with one attached hydrogen (secondary N) is 1. The first-order valence-electron chi connectivity index (χ1n) is 5.34. The minimum absolute atomic E-state index is 0.640. The summed E-state index contributed by atoms with van der Waals surface area (Å²) >= 11 is 1.56. The summed E-state index contributed by atoms with van der Waals surface area (Å²) in [5.41, 5.74) is 3.49.